The van der Waals surface area contributed by atoms with Gasteiger partial charge in [-0.25, -0.2) is 13.4 Å². The minimum atomic E-state index is -3.96. The first-order chi connectivity index (χ1) is 12.9. The van der Waals surface area contributed by atoms with E-state index in [0.717, 1.165) is 10.9 Å². The van der Waals surface area contributed by atoms with Crippen molar-refractivity contribution in [1.82, 2.24) is 4.98 Å². The van der Waals surface area contributed by atoms with E-state index in [1.54, 1.807) is 24.3 Å². The number of methoxy groups -OCH3 is 1. The molecule has 10 heteroatoms. The molecule has 0 saturated heterocycles. The molecule has 1 amide bonds. The number of aromatic nitrogens is 1. The molecular formula is C17H14BrN3O5S. The number of nitrogens with one attached hydrogen (secondary N) is 2. The molecule has 3 rings (SSSR count). The third-order valence-electron chi connectivity index (χ3n) is 3.46. The fourth-order valence-corrected chi connectivity index (χ4v) is 3.73. The summed E-state index contributed by atoms with van der Waals surface area (Å²) in [5.41, 5.74) is 0.643. The second-order valence-electron chi connectivity index (χ2n) is 5.30. The van der Waals surface area contributed by atoms with Gasteiger partial charge in [0.05, 0.1) is 13.3 Å². The predicted molar refractivity (Wildman–Crippen MR) is 102 cm³/mol. The molecule has 1 heterocycles. The largest absolute Gasteiger partial charge is 0.495 e. The molecule has 2 aromatic carbocycles. The van der Waals surface area contributed by atoms with E-state index in [-0.39, 0.29) is 22.1 Å². The molecular weight excluding hydrogens is 438 g/mol. The lowest BCUT2D eigenvalue weighted by Crippen LogP contribution is -2.16. The van der Waals surface area contributed by atoms with Crippen LogP contribution in [-0.4, -0.2) is 26.4 Å². The second kappa shape index (κ2) is 7.80. The molecule has 0 spiro atoms. The van der Waals surface area contributed by atoms with Crippen LogP contribution in [0.3, 0.4) is 0 Å². The number of hydrogen-bond donors (Lipinski definition) is 2. The summed E-state index contributed by atoms with van der Waals surface area (Å²) in [6, 6.07) is 10.9. The van der Waals surface area contributed by atoms with Crippen LogP contribution in [0.1, 0.15) is 10.6 Å². The minimum absolute atomic E-state index is 0.00297. The highest BCUT2D eigenvalue weighted by Gasteiger charge is 2.21. The van der Waals surface area contributed by atoms with Crippen LogP contribution < -0.4 is 14.8 Å². The summed E-state index contributed by atoms with van der Waals surface area (Å²) in [7, 11) is -2.60. The highest BCUT2D eigenvalue weighted by Crippen LogP contribution is 2.29. The monoisotopic (exact) mass is 451 g/mol. The van der Waals surface area contributed by atoms with Crippen LogP contribution in [0.5, 0.6) is 5.75 Å². The van der Waals surface area contributed by atoms with Crippen LogP contribution in [0.2, 0.25) is 0 Å². The molecule has 2 N–H and O–H groups in total. The maximum absolute atomic E-state index is 12.8. The van der Waals surface area contributed by atoms with Crippen LogP contribution in [0, 0.1) is 0 Å². The van der Waals surface area contributed by atoms with Crippen molar-refractivity contribution >= 4 is 43.2 Å². The third kappa shape index (κ3) is 4.47. The zero-order chi connectivity index (χ0) is 19.4. The van der Waals surface area contributed by atoms with Gasteiger partial charge in [-0.05, 0) is 42.5 Å². The zero-order valence-corrected chi connectivity index (χ0v) is 16.4. The Labute approximate surface area is 163 Å². The molecule has 0 aliphatic heterocycles. The number of ether oxygens (including phenoxy) is 1. The Morgan fingerprint density at radius 1 is 1.15 bits per heavy atom. The topological polar surface area (TPSA) is 111 Å². The number of amides is 1. The number of carbonyl (C=O) groups excluding carboxylic acids is 1. The van der Waals surface area contributed by atoms with Crippen molar-refractivity contribution in [1.29, 1.82) is 0 Å². The van der Waals surface area contributed by atoms with Crippen molar-refractivity contribution in [2.24, 2.45) is 0 Å². The van der Waals surface area contributed by atoms with Crippen LogP contribution in [0.25, 0.3) is 0 Å². The zero-order valence-electron chi connectivity index (χ0n) is 14.0. The van der Waals surface area contributed by atoms with Crippen LogP contribution in [0.4, 0.5) is 11.4 Å². The van der Waals surface area contributed by atoms with Crippen molar-refractivity contribution in [2.75, 3.05) is 17.1 Å². The molecule has 0 atom stereocenters. The summed E-state index contributed by atoms with van der Waals surface area (Å²) in [5.74, 6) is -0.414. The molecule has 0 radical (unpaired) electrons. The van der Waals surface area contributed by atoms with Crippen LogP contribution in [0.15, 0.2) is 68.8 Å². The average Bonchev–Trinajstić information content (AvgIpc) is 3.18. The van der Waals surface area contributed by atoms with Crippen molar-refractivity contribution in [2.45, 2.75) is 4.90 Å². The van der Waals surface area contributed by atoms with Crippen molar-refractivity contribution < 1.29 is 22.4 Å². The van der Waals surface area contributed by atoms with Crippen molar-refractivity contribution in [3.63, 3.8) is 0 Å². The molecule has 0 fully saturated rings. The number of hydrogen-bond acceptors (Lipinski definition) is 6. The molecule has 3 aromatic rings. The molecule has 0 aliphatic rings. The van der Waals surface area contributed by atoms with Gasteiger partial charge in [-0.1, -0.05) is 15.9 Å². The molecule has 140 valence electrons. The quantitative estimate of drug-likeness (QED) is 0.593. The maximum atomic E-state index is 12.8. The summed E-state index contributed by atoms with van der Waals surface area (Å²) < 4.78 is 38.9. The second-order valence-corrected chi connectivity index (χ2v) is 7.86. The Morgan fingerprint density at radius 2 is 1.85 bits per heavy atom. The first-order valence-corrected chi connectivity index (χ1v) is 9.83. The Balaban J connectivity index is 1.90. The standard InChI is InChI=1S/C17H14BrN3O5S/c1-25-14-7-6-13(20-17(22)15-9-19-10-26-15)8-16(14)27(23,24)21-12-4-2-11(18)3-5-12/h2-10,21H,1H3,(H,20,22). The van der Waals surface area contributed by atoms with Gasteiger partial charge in [-0.15, -0.1) is 0 Å². The van der Waals surface area contributed by atoms with E-state index in [1.807, 2.05) is 0 Å². The highest BCUT2D eigenvalue weighted by molar-refractivity contribution is 9.10. The van der Waals surface area contributed by atoms with Gasteiger partial charge < -0.3 is 14.5 Å². The third-order valence-corrected chi connectivity index (χ3v) is 5.39. The van der Waals surface area contributed by atoms with Gasteiger partial charge in [0.1, 0.15) is 10.6 Å². The molecule has 0 bridgehead atoms. The number of anilines is 2. The first kappa shape index (κ1) is 18.9. The van der Waals surface area contributed by atoms with Gasteiger partial charge in [0.15, 0.2) is 6.39 Å². The van der Waals surface area contributed by atoms with E-state index in [4.69, 9.17) is 9.15 Å². The number of halogens is 1. The van der Waals surface area contributed by atoms with Crippen molar-refractivity contribution in [3.8, 4) is 5.75 Å². The summed E-state index contributed by atoms with van der Waals surface area (Å²) in [6.07, 6.45) is 2.38. The molecule has 1 aromatic heterocycles. The van der Waals surface area contributed by atoms with E-state index >= 15 is 0 Å². The van der Waals surface area contributed by atoms with Crippen LogP contribution >= 0.6 is 15.9 Å². The minimum Gasteiger partial charge on any atom is -0.495 e. The van der Waals surface area contributed by atoms with Crippen molar-refractivity contribution in [3.05, 3.63) is 65.3 Å². The fraction of sp³-hybridized carbons (Fsp3) is 0.0588. The molecule has 0 unspecified atom stereocenters. The molecule has 0 saturated carbocycles. The smallest absolute Gasteiger partial charge is 0.293 e. The number of nitrogens with zero attached hydrogens (tertiary/aromatic N) is 1. The van der Waals surface area contributed by atoms with E-state index < -0.39 is 15.9 Å². The summed E-state index contributed by atoms with van der Waals surface area (Å²) >= 11 is 3.29. The Kier molecular flexibility index (Phi) is 5.47. The lowest BCUT2D eigenvalue weighted by Gasteiger charge is -2.13. The number of sulfonamides is 1. The van der Waals surface area contributed by atoms with E-state index in [1.165, 1.54) is 31.5 Å². The lowest BCUT2D eigenvalue weighted by molar-refractivity contribution is 0.0996. The Hall–Kier alpha value is -2.85. The molecule has 8 nitrogen and oxygen atoms in total. The van der Waals surface area contributed by atoms with Gasteiger partial charge in [-0.2, -0.15) is 0 Å². The number of rotatable bonds is 6. The number of benzene rings is 2. The molecule has 0 aliphatic carbocycles. The SMILES string of the molecule is COc1ccc(NC(=O)c2cnco2)cc1S(=O)(=O)Nc1ccc(Br)cc1. The Morgan fingerprint density at radius 3 is 2.48 bits per heavy atom. The fourth-order valence-electron chi connectivity index (χ4n) is 2.21. The summed E-state index contributed by atoms with van der Waals surface area (Å²) in [6.45, 7) is 0. The van der Waals surface area contributed by atoms with Gasteiger partial charge in [0.2, 0.25) is 5.76 Å². The van der Waals surface area contributed by atoms with E-state index in [2.05, 4.69) is 31.0 Å². The summed E-state index contributed by atoms with van der Waals surface area (Å²) in [5, 5.41) is 2.55. The summed E-state index contributed by atoms with van der Waals surface area (Å²) in [4.78, 5) is 15.6. The maximum Gasteiger partial charge on any atom is 0.293 e. The molecule has 27 heavy (non-hydrogen) atoms. The highest BCUT2D eigenvalue weighted by atomic mass is 79.9. The normalized spacial score (nSPS) is 11.0. The van der Waals surface area contributed by atoms with Gasteiger partial charge in [-0.3, -0.25) is 9.52 Å². The Bertz CT molecular complexity index is 1050. The predicted octanol–water partition coefficient (Wildman–Crippen LogP) is 3.50. The van der Waals surface area contributed by atoms with Gasteiger partial charge in [0.25, 0.3) is 15.9 Å². The lowest BCUT2D eigenvalue weighted by atomic mass is 10.3. The van der Waals surface area contributed by atoms with Crippen LogP contribution in [-0.2, 0) is 10.0 Å². The van der Waals surface area contributed by atoms with E-state index in [0.29, 0.717) is 5.69 Å². The number of carbonyl (C=O) groups is 1. The number of oxazole rings is 1. The average molecular weight is 452 g/mol. The van der Waals surface area contributed by atoms with Gasteiger partial charge >= 0.3 is 0 Å². The van der Waals surface area contributed by atoms with E-state index in [9.17, 15) is 13.2 Å². The first-order valence-electron chi connectivity index (χ1n) is 7.55. The van der Waals surface area contributed by atoms with Gasteiger partial charge in [0, 0.05) is 15.8 Å².